The van der Waals surface area contributed by atoms with E-state index < -0.39 is 17.7 Å². The molecular formula is C8H9NO4. The molecule has 0 aromatic heterocycles. The first-order valence-electron chi connectivity index (χ1n) is 3.37. The van der Waals surface area contributed by atoms with Crippen LogP contribution in [0.2, 0.25) is 0 Å². The van der Waals surface area contributed by atoms with Crippen LogP contribution in [-0.4, -0.2) is 27.9 Å². The molecule has 0 atom stereocenters. The van der Waals surface area contributed by atoms with E-state index in [1.807, 2.05) is 0 Å². The van der Waals surface area contributed by atoms with Gasteiger partial charge in [-0.15, -0.1) is 0 Å². The third kappa shape index (κ3) is 3.33. The molecule has 0 saturated heterocycles. The fourth-order valence-corrected chi connectivity index (χ4v) is 0.546. The standard InChI is InChI=1S/C8H9NO4/c1-3-5(7(10)11)9-6(4-2)8(12)13/h3-4H,1H2,2H3,(H,10,11)(H,12,13)/b6-4-,9-5?. The van der Waals surface area contributed by atoms with Crippen molar-refractivity contribution in [3.05, 3.63) is 24.4 Å². The van der Waals surface area contributed by atoms with Gasteiger partial charge in [0, 0.05) is 0 Å². The van der Waals surface area contributed by atoms with E-state index in [0.717, 1.165) is 6.08 Å². The van der Waals surface area contributed by atoms with Crippen LogP contribution in [0.1, 0.15) is 6.92 Å². The average Bonchev–Trinajstić information content (AvgIpc) is 2.05. The molecule has 0 aromatic carbocycles. The van der Waals surface area contributed by atoms with Gasteiger partial charge in [-0.1, -0.05) is 12.7 Å². The molecule has 0 aliphatic carbocycles. The average molecular weight is 183 g/mol. The van der Waals surface area contributed by atoms with Gasteiger partial charge in [0.1, 0.15) is 11.4 Å². The number of allylic oxidation sites excluding steroid dienone is 1. The molecule has 0 radical (unpaired) electrons. The third-order valence-electron chi connectivity index (χ3n) is 1.15. The number of nitrogens with zero attached hydrogens (tertiary/aromatic N) is 1. The highest BCUT2D eigenvalue weighted by Gasteiger charge is 2.09. The van der Waals surface area contributed by atoms with Crippen molar-refractivity contribution in [3.8, 4) is 0 Å². The first-order chi connectivity index (χ1) is 6.02. The Kier molecular flexibility index (Phi) is 4.15. The highest BCUT2D eigenvalue weighted by molar-refractivity contribution is 6.40. The van der Waals surface area contributed by atoms with E-state index in [4.69, 9.17) is 10.2 Å². The molecule has 0 aliphatic heterocycles. The van der Waals surface area contributed by atoms with Crippen molar-refractivity contribution in [2.24, 2.45) is 4.99 Å². The zero-order valence-corrected chi connectivity index (χ0v) is 7.02. The van der Waals surface area contributed by atoms with Crippen LogP contribution in [-0.2, 0) is 9.59 Å². The van der Waals surface area contributed by atoms with E-state index in [-0.39, 0.29) is 5.70 Å². The maximum atomic E-state index is 10.4. The van der Waals surface area contributed by atoms with Gasteiger partial charge >= 0.3 is 11.9 Å². The Bertz CT molecular complexity index is 301. The Balaban J connectivity index is 4.98. The Morgan fingerprint density at radius 1 is 1.31 bits per heavy atom. The summed E-state index contributed by atoms with van der Waals surface area (Å²) in [5.74, 6) is -2.58. The number of carboxylic acids is 2. The van der Waals surface area contributed by atoms with Crippen LogP contribution in [0.4, 0.5) is 0 Å². The molecule has 0 spiro atoms. The van der Waals surface area contributed by atoms with Gasteiger partial charge in [-0.05, 0) is 13.0 Å². The van der Waals surface area contributed by atoms with E-state index in [9.17, 15) is 9.59 Å². The van der Waals surface area contributed by atoms with Gasteiger partial charge in [0.25, 0.3) is 0 Å². The molecule has 0 aromatic rings. The van der Waals surface area contributed by atoms with Gasteiger partial charge in [-0.3, -0.25) is 0 Å². The maximum absolute atomic E-state index is 10.4. The molecule has 0 unspecified atom stereocenters. The van der Waals surface area contributed by atoms with Crippen molar-refractivity contribution in [1.29, 1.82) is 0 Å². The molecule has 2 N–H and O–H groups in total. The smallest absolute Gasteiger partial charge is 0.354 e. The minimum absolute atomic E-state index is 0.322. The second kappa shape index (κ2) is 4.87. The Hall–Kier alpha value is -1.91. The van der Waals surface area contributed by atoms with Crippen molar-refractivity contribution in [2.45, 2.75) is 6.92 Å². The lowest BCUT2D eigenvalue weighted by Crippen LogP contribution is -2.11. The van der Waals surface area contributed by atoms with Gasteiger partial charge in [-0.2, -0.15) is 0 Å². The summed E-state index contributed by atoms with van der Waals surface area (Å²) in [5, 5.41) is 17.0. The molecule has 0 saturated carbocycles. The molecule has 13 heavy (non-hydrogen) atoms. The van der Waals surface area contributed by atoms with Crippen LogP contribution in [0.15, 0.2) is 29.4 Å². The summed E-state index contributed by atoms with van der Waals surface area (Å²) in [6.07, 6.45) is 2.18. The van der Waals surface area contributed by atoms with Crippen molar-refractivity contribution in [3.63, 3.8) is 0 Å². The largest absolute Gasteiger partial charge is 0.477 e. The van der Waals surface area contributed by atoms with Crippen LogP contribution < -0.4 is 0 Å². The molecule has 5 nitrogen and oxygen atoms in total. The number of carbonyl (C=O) groups is 2. The molecule has 0 heterocycles. The molecule has 0 amide bonds. The van der Waals surface area contributed by atoms with E-state index in [1.54, 1.807) is 0 Å². The van der Waals surface area contributed by atoms with Crippen molar-refractivity contribution >= 4 is 17.7 Å². The molecular weight excluding hydrogens is 174 g/mol. The number of aliphatic imine (C=N–C) groups is 1. The van der Waals surface area contributed by atoms with E-state index >= 15 is 0 Å². The lowest BCUT2D eigenvalue weighted by molar-refractivity contribution is -0.132. The summed E-state index contributed by atoms with van der Waals surface area (Å²) in [5.41, 5.74) is -0.715. The SMILES string of the molecule is C=CC(=N/C(=C\C)C(=O)O)C(=O)O. The first kappa shape index (κ1) is 11.1. The predicted molar refractivity (Wildman–Crippen MR) is 46.7 cm³/mol. The van der Waals surface area contributed by atoms with Gasteiger partial charge in [0.05, 0.1) is 0 Å². The summed E-state index contributed by atoms with van der Waals surface area (Å²) in [6, 6.07) is 0. The quantitative estimate of drug-likeness (QED) is 0.495. The molecule has 0 bridgehead atoms. The number of carboxylic acid groups (broad SMARTS) is 2. The molecule has 70 valence electrons. The van der Waals surface area contributed by atoms with Crippen LogP contribution in [0.25, 0.3) is 0 Å². The minimum atomic E-state index is -1.31. The Labute approximate surface area is 74.7 Å². The summed E-state index contributed by atoms with van der Waals surface area (Å²) in [4.78, 5) is 24.2. The number of rotatable bonds is 4. The van der Waals surface area contributed by atoms with Crippen molar-refractivity contribution < 1.29 is 19.8 Å². The Morgan fingerprint density at radius 3 is 2.08 bits per heavy atom. The second-order valence-corrected chi connectivity index (χ2v) is 1.99. The fraction of sp³-hybridized carbons (Fsp3) is 0.125. The monoisotopic (exact) mass is 183 g/mol. The Morgan fingerprint density at radius 2 is 1.85 bits per heavy atom. The number of aliphatic carboxylic acids is 2. The zero-order valence-electron chi connectivity index (χ0n) is 7.02. The fourth-order valence-electron chi connectivity index (χ4n) is 0.546. The topological polar surface area (TPSA) is 87.0 Å². The number of hydrogen-bond acceptors (Lipinski definition) is 3. The summed E-state index contributed by atoms with van der Waals surface area (Å²) in [6.45, 7) is 4.65. The third-order valence-corrected chi connectivity index (χ3v) is 1.15. The lowest BCUT2D eigenvalue weighted by atomic mass is 10.3. The van der Waals surface area contributed by atoms with Gasteiger partial charge in [0.15, 0.2) is 0 Å². The van der Waals surface area contributed by atoms with Crippen molar-refractivity contribution in [2.75, 3.05) is 0 Å². The number of hydrogen-bond donors (Lipinski definition) is 2. The normalized spacial score (nSPS) is 12.4. The molecule has 5 heteroatoms. The van der Waals surface area contributed by atoms with E-state index in [2.05, 4.69) is 11.6 Å². The summed E-state index contributed by atoms with van der Waals surface area (Å²) < 4.78 is 0. The van der Waals surface area contributed by atoms with E-state index in [0.29, 0.717) is 0 Å². The highest BCUT2D eigenvalue weighted by Crippen LogP contribution is 1.98. The van der Waals surface area contributed by atoms with Crippen LogP contribution in [0, 0.1) is 0 Å². The highest BCUT2D eigenvalue weighted by atomic mass is 16.4. The summed E-state index contributed by atoms with van der Waals surface area (Å²) >= 11 is 0. The zero-order chi connectivity index (χ0) is 10.4. The first-order valence-corrected chi connectivity index (χ1v) is 3.37. The molecule has 0 aliphatic rings. The summed E-state index contributed by atoms with van der Waals surface area (Å²) in [7, 11) is 0. The predicted octanol–water partition coefficient (Wildman–Crippen LogP) is 0.686. The van der Waals surface area contributed by atoms with Gasteiger partial charge in [0.2, 0.25) is 0 Å². The van der Waals surface area contributed by atoms with Crippen LogP contribution in [0.3, 0.4) is 0 Å². The lowest BCUT2D eigenvalue weighted by Gasteiger charge is -1.95. The van der Waals surface area contributed by atoms with Gasteiger partial charge in [-0.25, -0.2) is 14.6 Å². The second-order valence-electron chi connectivity index (χ2n) is 1.99. The molecule has 0 rings (SSSR count). The minimum Gasteiger partial charge on any atom is -0.477 e. The van der Waals surface area contributed by atoms with E-state index in [1.165, 1.54) is 13.0 Å². The van der Waals surface area contributed by atoms with Crippen LogP contribution in [0.5, 0.6) is 0 Å². The van der Waals surface area contributed by atoms with Crippen molar-refractivity contribution in [1.82, 2.24) is 0 Å². The van der Waals surface area contributed by atoms with Crippen LogP contribution >= 0.6 is 0 Å². The molecule has 0 fully saturated rings. The van der Waals surface area contributed by atoms with Gasteiger partial charge < -0.3 is 10.2 Å². The maximum Gasteiger partial charge on any atom is 0.354 e.